The predicted octanol–water partition coefficient (Wildman–Crippen LogP) is 2.06. The first-order valence-corrected chi connectivity index (χ1v) is 9.96. The van der Waals surface area contributed by atoms with Crippen LogP contribution in [0.15, 0.2) is 6.20 Å². The van der Waals surface area contributed by atoms with E-state index in [-0.39, 0.29) is 17.9 Å². The van der Waals surface area contributed by atoms with E-state index in [1.165, 1.54) is 32.1 Å². The summed E-state index contributed by atoms with van der Waals surface area (Å²) in [4.78, 5) is 27.7. The minimum absolute atomic E-state index is 0.0646. The average Bonchev–Trinajstić information content (AvgIpc) is 3.11. The number of anilines is 2. The zero-order valence-electron chi connectivity index (χ0n) is 16.9. The van der Waals surface area contributed by atoms with Crippen molar-refractivity contribution in [2.75, 3.05) is 17.7 Å². The van der Waals surface area contributed by atoms with Gasteiger partial charge in [0.15, 0.2) is 0 Å². The molecule has 0 aromatic carbocycles. The molecule has 1 fully saturated rings. The minimum atomic E-state index is -0.165. The normalized spacial score (nSPS) is 16.0. The molecule has 152 valence electrons. The number of carbonyl (C=O) groups is 1. The Labute approximate surface area is 165 Å². The van der Waals surface area contributed by atoms with Crippen LogP contribution >= 0.6 is 0 Å². The molecule has 1 aliphatic carbocycles. The largest absolute Gasteiger partial charge is 0.367 e. The Morgan fingerprint density at radius 3 is 2.75 bits per heavy atom. The molecule has 2 aromatic heterocycles. The first kappa shape index (κ1) is 20.0. The minimum Gasteiger partial charge on any atom is -0.367 e. The fourth-order valence-electron chi connectivity index (χ4n) is 3.74. The van der Waals surface area contributed by atoms with Gasteiger partial charge in [-0.15, -0.1) is 5.10 Å². The molecule has 0 saturated heterocycles. The van der Waals surface area contributed by atoms with Crippen LogP contribution in [0.4, 0.5) is 11.9 Å². The molecule has 2 aromatic rings. The second-order valence-electron chi connectivity index (χ2n) is 7.54. The van der Waals surface area contributed by atoms with Gasteiger partial charge in [-0.05, 0) is 26.7 Å². The van der Waals surface area contributed by atoms with E-state index in [0.29, 0.717) is 24.7 Å². The molecule has 28 heavy (non-hydrogen) atoms. The molecule has 1 amide bonds. The molecule has 1 saturated carbocycles. The Balaban J connectivity index is 1.57. The van der Waals surface area contributed by atoms with Crippen LogP contribution in [0.3, 0.4) is 0 Å². The zero-order valence-corrected chi connectivity index (χ0v) is 16.9. The summed E-state index contributed by atoms with van der Waals surface area (Å²) in [5, 5.41) is 9.47. The fourth-order valence-corrected chi connectivity index (χ4v) is 3.74. The lowest BCUT2D eigenvalue weighted by Crippen LogP contribution is -2.35. The van der Waals surface area contributed by atoms with Crippen molar-refractivity contribution in [2.45, 2.75) is 70.9 Å². The van der Waals surface area contributed by atoms with Gasteiger partial charge in [-0.25, -0.2) is 9.97 Å². The Kier molecular flexibility index (Phi) is 6.43. The number of carbonyl (C=O) groups excluding carboxylic acids is 1. The second kappa shape index (κ2) is 8.99. The fraction of sp³-hybridized carbons (Fsp3) is 0.632. The summed E-state index contributed by atoms with van der Waals surface area (Å²) in [6.07, 6.45) is 8.87. The topological polar surface area (TPSA) is 126 Å². The second-order valence-corrected chi connectivity index (χ2v) is 7.54. The van der Waals surface area contributed by atoms with E-state index >= 15 is 0 Å². The summed E-state index contributed by atoms with van der Waals surface area (Å²) < 4.78 is 0. The van der Waals surface area contributed by atoms with Gasteiger partial charge in [0.2, 0.25) is 17.8 Å². The van der Waals surface area contributed by atoms with Crippen LogP contribution in [0.25, 0.3) is 0 Å². The Bertz CT molecular complexity index is 799. The number of nitrogens with zero attached hydrogens (tertiary/aromatic N) is 5. The van der Waals surface area contributed by atoms with E-state index in [1.54, 1.807) is 0 Å². The number of amides is 1. The highest BCUT2D eigenvalue weighted by Crippen LogP contribution is 2.25. The van der Waals surface area contributed by atoms with Crippen molar-refractivity contribution in [3.8, 4) is 0 Å². The number of H-pyrrole nitrogens is 1. The summed E-state index contributed by atoms with van der Waals surface area (Å²) >= 11 is 0. The third kappa shape index (κ3) is 4.96. The SMILES string of the molecule is Cc1nc(N(C)C2CCCCC2)ncc1[C@@H](C)NC(=O)CCc1nc(N)n[nH]1. The van der Waals surface area contributed by atoms with Gasteiger partial charge in [0.25, 0.3) is 0 Å². The van der Waals surface area contributed by atoms with E-state index in [4.69, 9.17) is 10.7 Å². The number of nitrogens with two attached hydrogens (primary N) is 1. The lowest BCUT2D eigenvalue weighted by molar-refractivity contribution is -0.121. The standard InChI is InChI=1S/C19H30N8O/c1-12(22-17(28)10-9-16-24-18(20)26-25-16)15-11-21-19(23-13(15)2)27(3)14-7-5-4-6-8-14/h11-12,14H,4-10H2,1-3H3,(H,22,28)(H3,20,24,25,26)/t12-/m1/s1. The van der Waals surface area contributed by atoms with E-state index in [1.807, 2.05) is 20.0 Å². The first-order chi connectivity index (χ1) is 13.4. The van der Waals surface area contributed by atoms with Gasteiger partial charge in [-0.3, -0.25) is 9.89 Å². The summed E-state index contributed by atoms with van der Waals surface area (Å²) in [5.74, 6) is 1.49. The Morgan fingerprint density at radius 2 is 2.11 bits per heavy atom. The van der Waals surface area contributed by atoms with Crippen molar-refractivity contribution in [2.24, 2.45) is 0 Å². The highest BCUT2D eigenvalue weighted by molar-refractivity contribution is 5.76. The molecule has 3 rings (SSSR count). The molecular weight excluding hydrogens is 356 g/mol. The van der Waals surface area contributed by atoms with Crippen LogP contribution in [0.2, 0.25) is 0 Å². The van der Waals surface area contributed by atoms with Crippen molar-refractivity contribution in [3.63, 3.8) is 0 Å². The van der Waals surface area contributed by atoms with Crippen LogP contribution in [0.5, 0.6) is 0 Å². The molecule has 0 aliphatic heterocycles. The molecule has 0 unspecified atom stereocenters. The summed E-state index contributed by atoms with van der Waals surface area (Å²) in [5.41, 5.74) is 7.29. The van der Waals surface area contributed by atoms with Gasteiger partial charge in [0, 0.05) is 43.4 Å². The number of aromatic nitrogens is 5. The number of nitrogen functional groups attached to an aromatic ring is 1. The van der Waals surface area contributed by atoms with Crippen LogP contribution in [-0.4, -0.2) is 44.1 Å². The quantitative estimate of drug-likeness (QED) is 0.665. The number of hydrogen-bond acceptors (Lipinski definition) is 7. The van der Waals surface area contributed by atoms with Crippen LogP contribution in [0.1, 0.15) is 68.6 Å². The third-order valence-corrected chi connectivity index (χ3v) is 5.42. The predicted molar refractivity (Wildman–Crippen MR) is 108 cm³/mol. The van der Waals surface area contributed by atoms with Gasteiger partial charge in [-0.2, -0.15) is 4.98 Å². The molecule has 4 N–H and O–H groups in total. The van der Waals surface area contributed by atoms with Gasteiger partial charge < -0.3 is 16.0 Å². The molecule has 9 nitrogen and oxygen atoms in total. The van der Waals surface area contributed by atoms with E-state index in [2.05, 4.69) is 37.4 Å². The molecule has 1 aliphatic rings. The number of nitrogens with one attached hydrogen (secondary N) is 2. The molecule has 1 atom stereocenters. The molecule has 0 radical (unpaired) electrons. The summed E-state index contributed by atoms with van der Waals surface area (Å²) in [7, 11) is 2.08. The van der Waals surface area contributed by atoms with Crippen molar-refractivity contribution >= 4 is 17.8 Å². The maximum Gasteiger partial charge on any atom is 0.239 e. The molecular formula is C19H30N8O. The van der Waals surface area contributed by atoms with E-state index in [0.717, 1.165) is 17.2 Å². The van der Waals surface area contributed by atoms with Crippen LogP contribution in [-0.2, 0) is 11.2 Å². The first-order valence-electron chi connectivity index (χ1n) is 9.96. The van der Waals surface area contributed by atoms with Crippen molar-refractivity contribution in [1.82, 2.24) is 30.5 Å². The molecule has 2 heterocycles. The van der Waals surface area contributed by atoms with E-state index in [9.17, 15) is 4.79 Å². The monoisotopic (exact) mass is 386 g/mol. The molecule has 0 spiro atoms. The van der Waals surface area contributed by atoms with Gasteiger partial charge >= 0.3 is 0 Å². The Hall–Kier alpha value is -2.71. The highest BCUT2D eigenvalue weighted by atomic mass is 16.1. The van der Waals surface area contributed by atoms with E-state index < -0.39 is 0 Å². The maximum atomic E-state index is 12.2. The Morgan fingerprint density at radius 1 is 1.36 bits per heavy atom. The van der Waals surface area contributed by atoms with Gasteiger partial charge in [-0.1, -0.05) is 19.3 Å². The highest BCUT2D eigenvalue weighted by Gasteiger charge is 2.21. The zero-order chi connectivity index (χ0) is 20.1. The van der Waals surface area contributed by atoms with Gasteiger partial charge in [0.05, 0.1) is 6.04 Å². The third-order valence-electron chi connectivity index (χ3n) is 5.42. The molecule has 9 heteroatoms. The van der Waals surface area contributed by atoms with Crippen molar-refractivity contribution in [3.05, 3.63) is 23.3 Å². The number of aromatic amines is 1. The number of hydrogen-bond donors (Lipinski definition) is 3. The smallest absolute Gasteiger partial charge is 0.239 e. The van der Waals surface area contributed by atoms with Crippen molar-refractivity contribution < 1.29 is 4.79 Å². The van der Waals surface area contributed by atoms with Crippen LogP contribution < -0.4 is 16.0 Å². The van der Waals surface area contributed by atoms with Crippen LogP contribution in [0, 0.1) is 6.92 Å². The summed E-state index contributed by atoms with van der Waals surface area (Å²) in [6.45, 7) is 3.91. The lowest BCUT2D eigenvalue weighted by Gasteiger charge is -2.31. The lowest BCUT2D eigenvalue weighted by atomic mass is 9.95. The molecule has 0 bridgehead atoms. The van der Waals surface area contributed by atoms with Gasteiger partial charge in [0.1, 0.15) is 5.82 Å². The maximum absolute atomic E-state index is 12.2. The number of aryl methyl sites for hydroxylation is 2. The average molecular weight is 387 g/mol. The van der Waals surface area contributed by atoms with Crippen molar-refractivity contribution in [1.29, 1.82) is 0 Å². The number of rotatable bonds is 7. The summed E-state index contributed by atoms with van der Waals surface area (Å²) in [6, 6.07) is 0.350.